The zero-order valence-electron chi connectivity index (χ0n) is 12.1. The summed E-state index contributed by atoms with van der Waals surface area (Å²) in [5.41, 5.74) is 2.01. The van der Waals surface area contributed by atoms with E-state index in [-0.39, 0.29) is 18.4 Å². The lowest BCUT2D eigenvalue weighted by molar-refractivity contribution is 0.0603. The summed E-state index contributed by atoms with van der Waals surface area (Å²) in [6, 6.07) is 12.1. The van der Waals surface area contributed by atoms with Crippen LogP contribution in [0.15, 0.2) is 36.4 Å². The maximum Gasteiger partial charge on any atom is 0.338 e. The lowest BCUT2D eigenvalue weighted by Gasteiger charge is -2.24. The minimum atomic E-state index is -0.266. The van der Waals surface area contributed by atoms with Crippen LogP contribution in [0.4, 0.5) is 0 Å². The van der Waals surface area contributed by atoms with E-state index in [1.165, 1.54) is 18.1 Å². The third kappa shape index (κ3) is 3.04. The van der Waals surface area contributed by atoms with Crippen molar-refractivity contribution in [2.24, 2.45) is 0 Å². The summed E-state index contributed by atoms with van der Waals surface area (Å²) < 4.78 is 4.88. The van der Waals surface area contributed by atoms with Crippen LogP contribution in [0.25, 0.3) is 10.8 Å². The molecule has 4 heteroatoms. The van der Waals surface area contributed by atoms with Gasteiger partial charge in [0.2, 0.25) is 0 Å². The summed E-state index contributed by atoms with van der Waals surface area (Å²) in [6.07, 6.45) is 2.31. The molecule has 0 unspecified atom stereocenters. The monoisotopic (exact) mass is 305 g/mol. The molecule has 0 amide bonds. The van der Waals surface area contributed by atoms with Gasteiger partial charge in [-0.1, -0.05) is 30.3 Å². The summed E-state index contributed by atoms with van der Waals surface area (Å²) in [6.45, 7) is 2.13. The van der Waals surface area contributed by atoms with Crippen molar-refractivity contribution in [2.75, 3.05) is 20.2 Å². The second-order valence-corrected chi connectivity index (χ2v) is 5.26. The predicted molar refractivity (Wildman–Crippen MR) is 87.4 cm³/mol. The average molecular weight is 306 g/mol. The van der Waals surface area contributed by atoms with Gasteiger partial charge in [-0.05, 0) is 54.3 Å². The average Bonchev–Trinajstić information content (AvgIpc) is 2.54. The van der Waals surface area contributed by atoms with Crippen LogP contribution < -0.4 is 5.32 Å². The van der Waals surface area contributed by atoms with Gasteiger partial charge in [0, 0.05) is 0 Å². The van der Waals surface area contributed by atoms with Crippen LogP contribution in [0.5, 0.6) is 0 Å². The zero-order valence-corrected chi connectivity index (χ0v) is 12.9. The van der Waals surface area contributed by atoms with Crippen molar-refractivity contribution in [1.29, 1.82) is 0 Å². The number of halogens is 1. The van der Waals surface area contributed by atoms with Gasteiger partial charge in [0.05, 0.1) is 12.7 Å². The van der Waals surface area contributed by atoms with Crippen LogP contribution >= 0.6 is 12.4 Å². The lowest BCUT2D eigenvalue weighted by Crippen LogP contribution is -2.26. The van der Waals surface area contributed by atoms with Crippen molar-refractivity contribution in [3.05, 3.63) is 47.5 Å². The van der Waals surface area contributed by atoms with E-state index in [1.54, 1.807) is 0 Å². The lowest BCUT2D eigenvalue weighted by atomic mass is 9.86. The standard InChI is InChI=1S/C17H19NO2.ClH/c1-20-17(19)16-7-6-13(12-8-10-18-11-9-12)14-4-2-3-5-15(14)16;/h2-7,12,18H,8-11H2,1H3;1H. The number of methoxy groups -OCH3 is 1. The number of fused-ring (bicyclic) bond motifs is 1. The van der Waals surface area contributed by atoms with E-state index in [2.05, 4.69) is 17.4 Å². The second kappa shape index (κ2) is 6.92. The van der Waals surface area contributed by atoms with E-state index >= 15 is 0 Å². The highest BCUT2D eigenvalue weighted by Crippen LogP contribution is 2.33. The quantitative estimate of drug-likeness (QED) is 0.863. The van der Waals surface area contributed by atoms with Crippen LogP contribution in [0.3, 0.4) is 0 Å². The Bertz CT molecular complexity index is 636. The fraction of sp³-hybridized carbons (Fsp3) is 0.353. The summed E-state index contributed by atoms with van der Waals surface area (Å²) in [5, 5.41) is 5.58. The van der Waals surface area contributed by atoms with Gasteiger partial charge in [0.15, 0.2) is 0 Å². The van der Waals surface area contributed by atoms with E-state index in [1.807, 2.05) is 24.3 Å². The molecule has 0 spiro atoms. The summed E-state index contributed by atoms with van der Waals surface area (Å²) >= 11 is 0. The number of hydrogen-bond donors (Lipinski definition) is 1. The van der Waals surface area contributed by atoms with Crippen molar-refractivity contribution in [2.45, 2.75) is 18.8 Å². The maximum atomic E-state index is 11.9. The number of benzene rings is 2. The van der Waals surface area contributed by atoms with Crippen molar-refractivity contribution in [3.63, 3.8) is 0 Å². The van der Waals surface area contributed by atoms with Crippen LogP contribution in [0, 0.1) is 0 Å². The fourth-order valence-corrected chi connectivity index (χ4v) is 3.10. The van der Waals surface area contributed by atoms with E-state index in [4.69, 9.17) is 4.74 Å². The summed E-state index contributed by atoms with van der Waals surface area (Å²) in [4.78, 5) is 11.9. The Labute approximate surface area is 131 Å². The van der Waals surface area contributed by atoms with E-state index < -0.39 is 0 Å². The molecule has 1 aliphatic heterocycles. The molecule has 1 fully saturated rings. The molecular formula is C17H20ClNO2. The zero-order chi connectivity index (χ0) is 13.9. The molecule has 3 nitrogen and oxygen atoms in total. The Morgan fingerprint density at radius 1 is 1.10 bits per heavy atom. The molecule has 1 heterocycles. The third-order valence-corrected chi connectivity index (χ3v) is 4.14. The molecule has 1 aliphatic rings. The third-order valence-electron chi connectivity index (χ3n) is 4.14. The molecule has 2 aromatic rings. The SMILES string of the molecule is COC(=O)c1ccc(C2CCNCC2)c2ccccc12.Cl. The van der Waals surface area contributed by atoms with Gasteiger partial charge >= 0.3 is 5.97 Å². The molecule has 2 aromatic carbocycles. The van der Waals surface area contributed by atoms with E-state index in [9.17, 15) is 4.79 Å². The first-order valence-corrected chi connectivity index (χ1v) is 7.12. The molecule has 0 aromatic heterocycles. The molecule has 0 atom stereocenters. The molecule has 0 bridgehead atoms. The van der Waals surface area contributed by atoms with Crippen LogP contribution in [0.2, 0.25) is 0 Å². The number of esters is 1. The Hall–Kier alpha value is -1.58. The Kier molecular flexibility index (Phi) is 5.21. The van der Waals surface area contributed by atoms with Gasteiger partial charge in [0.25, 0.3) is 0 Å². The first kappa shape index (κ1) is 15.8. The van der Waals surface area contributed by atoms with Crippen LogP contribution in [0.1, 0.15) is 34.7 Å². The highest BCUT2D eigenvalue weighted by Gasteiger charge is 2.19. The molecule has 0 radical (unpaired) electrons. The number of ether oxygens (including phenoxy) is 1. The number of carbonyl (C=O) groups is 1. The van der Waals surface area contributed by atoms with E-state index in [0.717, 1.165) is 31.3 Å². The number of carbonyl (C=O) groups excluding carboxylic acids is 1. The predicted octanol–water partition coefficient (Wildman–Crippen LogP) is 3.52. The van der Waals surface area contributed by atoms with Gasteiger partial charge in [-0.3, -0.25) is 0 Å². The minimum absolute atomic E-state index is 0. The molecular weight excluding hydrogens is 286 g/mol. The molecule has 112 valence electrons. The Balaban J connectivity index is 0.00000161. The van der Waals surface area contributed by atoms with Crippen molar-refractivity contribution in [1.82, 2.24) is 5.32 Å². The molecule has 1 N–H and O–H groups in total. The first-order chi connectivity index (χ1) is 9.81. The van der Waals surface area contributed by atoms with Gasteiger partial charge < -0.3 is 10.1 Å². The molecule has 1 saturated heterocycles. The fourth-order valence-electron chi connectivity index (χ4n) is 3.10. The van der Waals surface area contributed by atoms with Gasteiger partial charge in [-0.15, -0.1) is 12.4 Å². The van der Waals surface area contributed by atoms with Crippen molar-refractivity contribution in [3.8, 4) is 0 Å². The summed E-state index contributed by atoms with van der Waals surface area (Å²) in [7, 11) is 1.43. The van der Waals surface area contributed by atoms with Crippen molar-refractivity contribution >= 4 is 29.1 Å². The normalized spacial score (nSPS) is 15.5. The largest absolute Gasteiger partial charge is 0.465 e. The van der Waals surface area contributed by atoms with E-state index in [0.29, 0.717) is 11.5 Å². The highest BCUT2D eigenvalue weighted by atomic mass is 35.5. The number of rotatable bonds is 2. The van der Waals surface area contributed by atoms with Crippen molar-refractivity contribution < 1.29 is 9.53 Å². The highest BCUT2D eigenvalue weighted by molar-refractivity contribution is 6.05. The summed E-state index contributed by atoms with van der Waals surface area (Å²) in [5.74, 6) is 0.311. The van der Waals surface area contributed by atoms with Gasteiger partial charge in [0.1, 0.15) is 0 Å². The molecule has 3 rings (SSSR count). The smallest absolute Gasteiger partial charge is 0.338 e. The maximum absolute atomic E-state index is 11.9. The minimum Gasteiger partial charge on any atom is -0.465 e. The topological polar surface area (TPSA) is 38.3 Å². The first-order valence-electron chi connectivity index (χ1n) is 7.12. The number of hydrogen-bond acceptors (Lipinski definition) is 3. The second-order valence-electron chi connectivity index (χ2n) is 5.26. The Morgan fingerprint density at radius 2 is 1.76 bits per heavy atom. The Morgan fingerprint density at radius 3 is 2.43 bits per heavy atom. The van der Waals surface area contributed by atoms with Crippen LogP contribution in [-0.2, 0) is 4.74 Å². The number of nitrogens with one attached hydrogen (secondary N) is 1. The molecule has 0 aliphatic carbocycles. The molecule has 21 heavy (non-hydrogen) atoms. The number of piperidine rings is 1. The van der Waals surface area contributed by atoms with Gasteiger partial charge in [-0.25, -0.2) is 4.79 Å². The van der Waals surface area contributed by atoms with Crippen LogP contribution in [-0.4, -0.2) is 26.2 Å². The molecule has 0 saturated carbocycles. The van der Waals surface area contributed by atoms with Gasteiger partial charge in [-0.2, -0.15) is 0 Å².